The molecule has 0 aliphatic rings. The summed E-state index contributed by atoms with van der Waals surface area (Å²) in [6.45, 7) is 0. The Morgan fingerprint density at radius 3 is 2.67 bits per heavy atom. The van der Waals surface area contributed by atoms with Crippen LogP contribution in [-0.2, 0) is 14.8 Å². The topological polar surface area (TPSA) is 66.4 Å². The molecule has 5 heteroatoms. The second-order valence-electron chi connectivity index (χ2n) is 3.61. The fraction of sp³-hybridized carbons (Fsp3) is 0. The molecule has 2 rings (SSSR count). The van der Waals surface area contributed by atoms with E-state index in [1.54, 1.807) is 0 Å². The lowest BCUT2D eigenvalue weighted by Gasteiger charge is -1.99. The van der Waals surface area contributed by atoms with Gasteiger partial charge in [0.2, 0.25) is 0 Å². The summed E-state index contributed by atoms with van der Waals surface area (Å²) in [7, 11) is -1.58. The van der Waals surface area contributed by atoms with Crippen LogP contribution in [0.15, 0.2) is 42.5 Å². The van der Waals surface area contributed by atoms with Crippen molar-refractivity contribution in [2.45, 2.75) is 0 Å². The Morgan fingerprint density at radius 1 is 1.17 bits per heavy atom. The molecule has 0 unspecified atom stereocenters. The van der Waals surface area contributed by atoms with Crippen molar-refractivity contribution in [1.29, 1.82) is 0 Å². The quantitative estimate of drug-likeness (QED) is 0.482. The molecule has 1 amide bonds. The molecule has 0 fully saturated rings. The zero-order chi connectivity index (χ0) is 13.0. The number of nitrogens with one attached hydrogen (secondary N) is 1. The van der Waals surface area contributed by atoms with Gasteiger partial charge in [-0.3, -0.25) is 10.0 Å². The van der Waals surface area contributed by atoms with Crippen molar-refractivity contribution in [3.05, 3.63) is 48.0 Å². The second kappa shape index (κ2) is 5.48. The number of hydrogen-bond donors (Lipinski definition) is 2. The highest BCUT2D eigenvalue weighted by atomic mass is 32.1. The zero-order valence-electron chi connectivity index (χ0n) is 9.37. The van der Waals surface area contributed by atoms with Gasteiger partial charge < -0.3 is 0 Å². The minimum absolute atomic E-state index is 0.786. The Hall–Kier alpha value is -2.11. The molecule has 0 heterocycles. The molecule has 2 aromatic carbocycles. The fourth-order valence-corrected chi connectivity index (χ4v) is 2.43. The Morgan fingerprint density at radius 2 is 1.89 bits per heavy atom. The van der Waals surface area contributed by atoms with E-state index in [2.05, 4.69) is 0 Å². The molecule has 0 saturated heterocycles. The minimum Gasteiger partial charge on any atom is -0.288 e. The number of fused-ring (bicyclic) bond motifs is 1. The van der Waals surface area contributed by atoms with E-state index in [-0.39, 0.29) is 0 Å². The van der Waals surface area contributed by atoms with E-state index < -0.39 is 15.9 Å². The molecule has 0 aromatic heterocycles. The number of amides is 1. The van der Waals surface area contributed by atoms with Crippen LogP contribution in [0.1, 0.15) is 5.56 Å². The summed E-state index contributed by atoms with van der Waals surface area (Å²) in [5, 5.41) is 12.7. The molecular weight excluding hydrogens is 250 g/mol. The van der Waals surface area contributed by atoms with Crippen LogP contribution in [0.4, 0.5) is 0 Å². The smallest absolute Gasteiger partial charge is 0.279 e. The zero-order valence-corrected chi connectivity index (χ0v) is 10.2. The van der Waals surface area contributed by atoms with Gasteiger partial charge >= 0.3 is 0 Å². The molecule has 2 N–H and O–H groups in total. The summed E-state index contributed by atoms with van der Waals surface area (Å²) >= 11 is 0. The van der Waals surface area contributed by atoms with Crippen LogP contribution in [0.2, 0.25) is 0 Å². The van der Waals surface area contributed by atoms with E-state index in [1.807, 2.05) is 42.5 Å². The van der Waals surface area contributed by atoms with Gasteiger partial charge in [0.05, 0.1) is 5.37 Å². The molecule has 18 heavy (non-hydrogen) atoms. The van der Waals surface area contributed by atoms with Crippen LogP contribution in [0.25, 0.3) is 10.8 Å². The standard InChI is InChI=1S/C13H11NO3S/c15-13(14-16)9-18(17)8-11-6-3-5-10-4-1-2-7-12(10)11/h1-9,16H,(H,14,15). The maximum Gasteiger partial charge on any atom is 0.279 e. The third-order valence-electron chi connectivity index (χ3n) is 2.40. The molecule has 0 radical (unpaired) electrons. The number of rotatable bonds is 2. The maximum atomic E-state index is 11.7. The first kappa shape index (κ1) is 12.3. The van der Waals surface area contributed by atoms with E-state index in [0.29, 0.717) is 0 Å². The molecule has 0 spiro atoms. The SMILES string of the molecule is O=C(C=S(=O)=Cc1cccc2ccccc12)NO. The van der Waals surface area contributed by atoms with E-state index in [1.165, 1.54) is 10.8 Å². The second-order valence-corrected chi connectivity index (χ2v) is 4.74. The van der Waals surface area contributed by atoms with Gasteiger partial charge in [-0.2, -0.15) is 0 Å². The van der Waals surface area contributed by atoms with Crippen molar-refractivity contribution < 1.29 is 14.2 Å². The average molecular weight is 261 g/mol. The van der Waals surface area contributed by atoms with Crippen LogP contribution < -0.4 is 5.48 Å². The predicted molar refractivity (Wildman–Crippen MR) is 73.2 cm³/mol. The number of hydrogen-bond acceptors (Lipinski definition) is 3. The molecule has 0 aliphatic heterocycles. The molecule has 4 nitrogen and oxygen atoms in total. The van der Waals surface area contributed by atoms with Crippen LogP contribution in [-0.4, -0.2) is 26.1 Å². The lowest BCUT2D eigenvalue weighted by Crippen LogP contribution is -2.19. The van der Waals surface area contributed by atoms with Gasteiger partial charge in [-0.15, -0.1) is 0 Å². The van der Waals surface area contributed by atoms with Crippen molar-refractivity contribution in [2.75, 3.05) is 0 Å². The normalized spacial score (nSPS) is 9.83. The average Bonchev–Trinajstić information content (AvgIpc) is 2.39. The van der Waals surface area contributed by atoms with Gasteiger partial charge in [-0.25, -0.2) is 9.69 Å². The first-order valence-electron chi connectivity index (χ1n) is 5.21. The van der Waals surface area contributed by atoms with Crippen LogP contribution >= 0.6 is 0 Å². The Bertz CT molecular complexity index is 729. The maximum absolute atomic E-state index is 11.7. The molecular formula is C13H11NO3S. The summed E-state index contributed by atoms with van der Waals surface area (Å²) in [5.41, 5.74) is 2.20. The van der Waals surface area contributed by atoms with Crippen LogP contribution in [0.5, 0.6) is 0 Å². The number of carbonyl (C=O) groups is 1. The molecule has 0 atom stereocenters. The van der Waals surface area contributed by atoms with Crippen molar-refractivity contribution in [3.8, 4) is 0 Å². The van der Waals surface area contributed by atoms with Crippen molar-refractivity contribution in [1.82, 2.24) is 5.48 Å². The van der Waals surface area contributed by atoms with E-state index in [4.69, 9.17) is 5.21 Å². The van der Waals surface area contributed by atoms with E-state index in [0.717, 1.165) is 21.7 Å². The van der Waals surface area contributed by atoms with E-state index >= 15 is 0 Å². The Balaban J connectivity index is 2.56. The summed E-state index contributed by atoms with van der Waals surface area (Å²) in [4.78, 5) is 10.8. The Labute approximate surface area is 105 Å². The highest BCUT2D eigenvalue weighted by molar-refractivity contribution is 7.84. The Kier molecular flexibility index (Phi) is 3.76. The molecule has 2 aromatic rings. The summed E-state index contributed by atoms with van der Waals surface area (Å²) < 4.78 is 11.7. The molecule has 0 bridgehead atoms. The lowest BCUT2D eigenvalue weighted by atomic mass is 10.1. The summed E-state index contributed by atoms with van der Waals surface area (Å²) in [5.74, 6) is -0.787. The third kappa shape index (κ3) is 2.77. The highest BCUT2D eigenvalue weighted by Gasteiger charge is 1.97. The van der Waals surface area contributed by atoms with Crippen molar-refractivity contribution in [2.24, 2.45) is 0 Å². The molecule has 92 valence electrons. The number of benzene rings is 2. The number of carbonyl (C=O) groups excluding carboxylic acids is 1. The van der Waals surface area contributed by atoms with E-state index in [9.17, 15) is 9.00 Å². The minimum atomic E-state index is -1.58. The van der Waals surface area contributed by atoms with Gasteiger partial charge in [-0.05, 0) is 16.3 Å². The predicted octanol–water partition coefficient (Wildman–Crippen LogP) is 1.05. The molecule has 0 aliphatic carbocycles. The highest BCUT2D eigenvalue weighted by Crippen LogP contribution is 2.16. The van der Waals surface area contributed by atoms with Gasteiger partial charge in [0.25, 0.3) is 5.91 Å². The van der Waals surface area contributed by atoms with Crippen LogP contribution in [0.3, 0.4) is 0 Å². The van der Waals surface area contributed by atoms with Crippen molar-refractivity contribution in [3.63, 3.8) is 0 Å². The van der Waals surface area contributed by atoms with Crippen molar-refractivity contribution >= 4 is 37.4 Å². The van der Waals surface area contributed by atoms with Gasteiger partial charge in [0, 0.05) is 15.3 Å². The third-order valence-corrected chi connectivity index (χ3v) is 3.33. The summed E-state index contributed by atoms with van der Waals surface area (Å²) in [6, 6.07) is 13.3. The first-order chi connectivity index (χ1) is 8.70. The van der Waals surface area contributed by atoms with Gasteiger partial charge in [0.1, 0.15) is 0 Å². The van der Waals surface area contributed by atoms with Crippen LogP contribution in [0, 0.1) is 0 Å². The first-order valence-corrected chi connectivity index (χ1v) is 6.49. The number of hydroxylamine groups is 1. The largest absolute Gasteiger partial charge is 0.288 e. The fourth-order valence-electron chi connectivity index (χ4n) is 1.64. The van der Waals surface area contributed by atoms with Gasteiger partial charge in [-0.1, -0.05) is 42.5 Å². The lowest BCUT2D eigenvalue weighted by molar-refractivity contribution is -0.121. The monoisotopic (exact) mass is 261 g/mol. The summed E-state index contributed by atoms with van der Waals surface area (Å²) in [6.07, 6.45) is 0. The molecule has 0 saturated carbocycles. The van der Waals surface area contributed by atoms with Gasteiger partial charge in [0.15, 0.2) is 0 Å².